The standard InChI is InChI=1S/C12H11ClN2O/c1-15-7-11(14-8-15)12(16)6-9-3-2-4-10(13)5-9/h2-5,7-8H,6H2,1H3. The van der Waals surface area contributed by atoms with Crippen LogP contribution in [0.5, 0.6) is 0 Å². The summed E-state index contributed by atoms with van der Waals surface area (Å²) in [5, 5.41) is 0.645. The lowest BCUT2D eigenvalue weighted by atomic mass is 10.1. The maximum atomic E-state index is 11.8. The highest BCUT2D eigenvalue weighted by atomic mass is 35.5. The average Bonchev–Trinajstić information content (AvgIpc) is 2.65. The highest BCUT2D eigenvalue weighted by molar-refractivity contribution is 6.30. The van der Waals surface area contributed by atoms with Crippen LogP contribution in [-0.4, -0.2) is 15.3 Å². The lowest BCUT2D eigenvalue weighted by Gasteiger charge is -1.99. The molecule has 1 aromatic carbocycles. The van der Waals surface area contributed by atoms with Gasteiger partial charge in [-0.15, -0.1) is 0 Å². The lowest BCUT2D eigenvalue weighted by Crippen LogP contribution is -2.03. The van der Waals surface area contributed by atoms with Gasteiger partial charge in [-0.3, -0.25) is 4.79 Å². The van der Waals surface area contributed by atoms with Gasteiger partial charge in [0.2, 0.25) is 0 Å². The molecule has 2 aromatic rings. The third kappa shape index (κ3) is 2.49. The number of hydrogen-bond donors (Lipinski definition) is 0. The fourth-order valence-electron chi connectivity index (χ4n) is 1.48. The monoisotopic (exact) mass is 234 g/mol. The number of aromatic nitrogens is 2. The zero-order valence-electron chi connectivity index (χ0n) is 8.85. The molecule has 0 aliphatic heterocycles. The molecule has 2 rings (SSSR count). The van der Waals surface area contributed by atoms with E-state index in [0.717, 1.165) is 5.56 Å². The fraction of sp³-hybridized carbons (Fsp3) is 0.167. The van der Waals surface area contributed by atoms with E-state index in [9.17, 15) is 4.79 Å². The normalized spacial score (nSPS) is 10.4. The summed E-state index contributed by atoms with van der Waals surface area (Å²) in [6.07, 6.45) is 3.66. The SMILES string of the molecule is Cn1cnc(C(=O)Cc2cccc(Cl)c2)c1. The summed E-state index contributed by atoms with van der Waals surface area (Å²) >= 11 is 5.85. The topological polar surface area (TPSA) is 34.9 Å². The fourth-order valence-corrected chi connectivity index (χ4v) is 1.69. The number of nitrogens with zero attached hydrogens (tertiary/aromatic N) is 2. The van der Waals surface area contributed by atoms with Crippen molar-refractivity contribution in [2.45, 2.75) is 6.42 Å². The summed E-state index contributed by atoms with van der Waals surface area (Å²) in [5.41, 5.74) is 1.39. The molecule has 0 unspecified atom stereocenters. The molecule has 0 amide bonds. The van der Waals surface area contributed by atoms with E-state index >= 15 is 0 Å². The molecule has 0 saturated heterocycles. The number of carbonyl (C=O) groups is 1. The molecule has 0 fully saturated rings. The Balaban J connectivity index is 2.13. The molecule has 0 bridgehead atoms. The van der Waals surface area contributed by atoms with Gasteiger partial charge < -0.3 is 4.57 Å². The van der Waals surface area contributed by atoms with E-state index in [-0.39, 0.29) is 5.78 Å². The van der Waals surface area contributed by atoms with E-state index in [1.54, 1.807) is 29.2 Å². The zero-order chi connectivity index (χ0) is 11.5. The van der Waals surface area contributed by atoms with Crippen molar-refractivity contribution >= 4 is 17.4 Å². The number of benzene rings is 1. The zero-order valence-corrected chi connectivity index (χ0v) is 9.61. The number of imidazole rings is 1. The minimum atomic E-state index is 0.00265. The third-order valence-electron chi connectivity index (χ3n) is 2.24. The number of halogens is 1. The smallest absolute Gasteiger partial charge is 0.187 e. The summed E-state index contributed by atoms with van der Waals surface area (Å²) < 4.78 is 1.76. The first-order valence-corrected chi connectivity index (χ1v) is 5.28. The lowest BCUT2D eigenvalue weighted by molar-refractivity contribution is 0.0988. The molecule has 16 heavy (non-hydrogen) atoms. The van der Waals surface area contributed by atoms with E-state index in [1.165, 1.54) is 0 Å². The first kappa shape index (κ1) is 10.9. The van der Waals surface area contributed by atoms with Crippen molar-refractivity contribution in [3.8, 4) is 0 Å². The highest BCUT2D eigenvalue weighted by Crippen LogP contribution is 2.12. The van der Waals surface area contributed by atoms with Crippen LogP contribution in [0.15, 0.2) is 36.8 Å². The predicted octanol–water partition coefficient (Wildman–Crippen LogP) is 2.50. The Bertz CT molecular complexity index is 519. The van der Waals surface area contributed by atoms with Crippen molar-refractivity contribution in [2.24, 2.45) is 7.05 Å². The van der Waals surface area contributed by atoms with E-state index in [2.05, 4.69) is 4.98 Å². The van der Waals surface area contributed by atoms with Crippen molar-refractivity contribution < 1.29 is 4.79 Å². The average molecular weight is 235 g/mol. The van der Waals surface area contributed by atoms with Crippen LogP contribution in [0, 0.1) is 0 Å². The molecule has 1 aromatic heterocycles. The van der Waals surface area contributed by atoms with Gasteiger partial charge >= 0.3 is 0 Å². The van der Waals surface area contributed by atoms with Crippen LogP contribution >= 0.6 is 11.6 Å². The highest BCUT2D eigenvalue weighted by Gasteiger charge is 2.09. The molecular weight excluding hydrogens is 224 g/mol. The summed E-state index contributed by atoms with van der Waals surface area (Å²) in [6, 6.07) is 7.30. The number of ketones is 1. The molecule has 0 aliphatic rings. The Morgan fingerprint density at radius 3 is 2.94 bits per heavy atom. The second-order valence-electron chi connectivity index (χ2n) is 3.65. The summed E-state index contributed by atoms with van der Waals surface area (Å²) in [6.45, 7) is 0. The Labute approximate surface area is 98.7 Å². The van der Waals surface area contributed by atoms with Gasteiger partial charge in [0.15, 0.2) is 5.78 Å². The molecule has 3 nitrogen and oxygen atoms in total. The predicted molar refractivity (Wildman–Crippen MR) is 62.7 cm³/mol. The molecule has 82 valence electrons. The second-order valence-corrected chi connectivity index (χ2v) is 4.09. The minimum absolute atomic E-state index is 0.00265. The van der Waals surface area contributed by atoms with Gasteiger partial charge in [-0.05, 0) is 17.7 Å². The van der Waals surface area contributed by atoms with E-state index in [0.29, 0.717) is 17.1 Å². The Morgan fingerprint density at radius 1 is 1.50 bits per heavy atom. The van der Waals surface area contributed by atoms with E-state index in [4.69, 9.17) is 11.6 Å². The van der Waals surface area contributed by atoms with Crippen LogP contribution in [-0.2, 0) is 13.5 Å². The van der Waals surface area contributed by atoms with Crippen LogP contribution in [0.4, 0.5) is 0 Å². The second kappa shape index (κ2) is 4.49. The number of hydrogen-bond acceptors (Lipinski definition) is 2. The number of aryl methyl sites for hydroxylation is 1. The number of Topliss-reactive ketones (excluding diaryl/α,β-unsaturated/α-hetero) is 1. The number of rotatable bonds is 3. The molecule has 0 atom stereocenters. The van der Waals surface area contributed by atoms with Crippen LogP contribution in [0.2, 0.25) is 5.02 Å². The van der Waals surface area contributed by atoms with Gasteiger partial charge in [0.1, 0.15) is 5.69 Å². The molecule has 1 heterocycles. The van der Waals surface area contributed by atoms with Crippen LogP contribution < -0.4 is 0 Å². The minimum Gasteiger partial charge on any atom is -0.340 e. The Kier molecular flexibility index (Phi) is 3.06. The van der Waals surface area contributed by atoms with E-state index in [1.807, 2.05) is 19.2 Å². The molecule has 0 spiro atoms. The molecule has 4 heteroatoms. The van der Waals surface area contributed by atoms with Gasteiger partial charge in [0.05, 0.1) is 6.33 Å². The van der Waals surface area contributed by atoms with Crippen molar-refractivity contribution in [3.63, 3.8) is 0 Å². The molecule has 0 N–H and O–H groups in total. The van der Waals surface area contributed by atoms with Gasteiger partial charge in [0.25, 0.3) is 0 Å². The van der Waals surface area contributed by atoms with Gasteiger partial charge in [-0.2, -0.15) is 0 Å². The Morgan fingerprint density at radius 2 is 2.31 bits per heavy atom. The first-order valence-electron chi connectivity index (χ1n) is 4.91. The molecular formula is C12H11ClN2O. The summed E-state index contributed by atoms with van der Waals surface area (Å²) in [4.78, 5) is 15.8. The summed E-state index contributed by atoms with van der Waals surface area (Å²) in [5.74, 6) is 0.00265. The van der Waals surface area contributed by atoms with Crippen molar-refractivity contribution in [1.82, 2.24) is 9.55 Å². The van der Waals surface area contributed by atoms with E-state index < -0.39 is 0 Å². The molecule has 0 saturated carbocycles. The van der Waals surface area contributed by atoms with Gasteiger partial charge in [0, 0.05) is 24.7 Å². The third-order valence-corrected chi connectivity index (χ3v) is 2.48. The van der Waals surface area contributed by atoms with Crippen molar-refractivity contribution in [1.29, 1.82) is 0 Å². The van der Waals surface area contributed by atoms with Crippen LogP contribution in [0.25, 0.3) is 0 Å². The maximum Gasteiger partial charge on any atom is 0.187 e. The van der Waals surface area contributed by atoms with Crippen molar-refractivity contribution in [2.75, 3.05) is 0 Å². The molecule has 0 aliphatic carbocycles. The van der Waals surface area contributed by atoms with Crippen LogP contribution in [0.1, 0.15) is 16.1 Å². The largest absolute Gasteiger partial charge is 0.340 e. The maximum absolute atomic E-state index is 11.8. The van der Waals surface area contributed by atoms with Crippen LogP contribution in [0.3, 0.4) is 0 Å². The first-order chi connectivity index (χ1) is 7.65. The quantitative estimate of drug-likeness (QED) is 0.765. The summed E-state index contributed by atoms with van der Waals surface area (Å²) in [7, 11) is 1.84. The Hall–Kier alpha value is -1.61. The number of carbonyl (C=O) groups excluding carboxylic acids is 1. The van der Waals surface area contributed by atoms with Crippen molar-refractivity contribution in [3.05, 3.63) is 53.1 Å². The van der Waals surface area contributed by atoms with Gasteiger partial charge in [-0.1, -0.05) is 23.7 Å². The molecule has 0 radical (unpaired) electrons. The van der Waals surface area contributed by atoms with Gasteiger partial charge in [-0.25, -0.2) is 4.98 Å².